The number of Topliss-reactive ketones (excluding diaryl/α,β-unsaturated/α-hetero) is 1. The van der Waals surface area contributed by atoms with Gasteiger partial charge < -0.3 is 10.1 Å². The number of aryl methyl sites for hydroxylation is 1. The summed E-state index contributed by atoms with van der Waals surface area (Å²) < 4.78 is 21.1. The van der Waals surface area contributed by atoms with Gasteiger partial charge in [0.25, 0.3) is 11.5 Å². The molecule has 35 heavy (non-hydrogen) atoms. The summed E-state index contributed by atoms with van der Waals surface area (Å²) in [6.07, 6.45) is 0. The third-order valence-corrected chi connectivity index (χ3v) is 6.76. The van der Waals surface area contributed by atoms with Crippen molar-refractivity contribution in [2.75, 3.05) is 11.9 Å². The predicted molar refractivity (Wildman–Crippen MR) is 132 cm³/mol. The highest BCUT2D eigenvalue weighted by atomic mass is 32.2. The smallest absolute Gasteiger partial charge is 0.266 e. The van der Waals surface area contributed by atoms with Gasteiger partial charge in [-0.05, 0) is 61.9 Å². The lowest BCUT2D eigenvalue weighted by Crippen LogP contribution is -2.26. The number of fused-ring (bicyclic) bond motifs is 2. The van der Waals surface area contributed by atoms with Crippen molar-refractivity contribution in [3.63, 3.8) is 0 Å². The number of nitrogens with one attached hydrogen (secondary N) is 1. The lowest BCUT2D eigenvalue weighted by Gasteiger charge is -2.19. The van der Waals surface area contributed by atoms with E-state index in [-0.39, 0.29) is 29.0 Å². The summed E-state index contributed by atoms with van der Waals surface area (Å²) in [7, 11) is 0. The highest BCUT2D eigenvalue weighted by molar-refractivity contribution is 8.00. The summed E-state index contributed by atoms with van der Waals surface area (Å²) in [5.41, 5.74) is 1.72. The van der Waals surface area contributed by atoms with Crippen LogP contribution in [0.15, 0.2) is 70.6 Å². The highest BCUT2D eigenvalue weighted by Crippen LogP contribution is 2.32. The largest absolute Gasteiger partial charge is 0.482 e. The van der Waals surface area contributed by atoms with Crippen LogP contribution in [-0.2, 0) is 4.79 Å². The summed E-state index contributed by atoms with van der Waals surface area (Å²) in [6, 6.07) is 16.3. The minimum absolute atomic E-state index is 0.0721. The van der Waals surface area contributed by atoms with E-state index < -0.39 is 11.1 Å². The first-order chi connectivity index (χ1) is 16.8. The molecule has 3 aromatic carbocycles. The normalized spacial score (nSPS) is 13.6. The Hall–Kier alpha value is -3.98. The SMILES string of the molecule is Cc1ccc(-n2c(SC(C)C(=O)c3ccc4c(c3)NC(=O)CO4)nc3ccccc3c2=O)cc1F. The summed E-state index contributed by atoms with van der Waals surface area (Å²) in [6.45, 7) is 3.28. The zero-order valence-electron chi connectivity index (χ0n) is 18.9. The van der Waals surface area contributed by atoms with Gasteiger partial charge in [-0.3, -0.25) is 19.0 Å². The van der Waals surface area contributed by atoms with Crippen molar-refractivity contribution in [2.24, 2.45) is 0 Å². The van der Waals surface area contributed by atoms with Gasteiger partial charge in [0, 0.05) is 5.56 Å². The van der Waals surface area contributed by atoms with Crippen LogP contribution < -0.4 is 15.6 Å². The van der Waals surface area contributed by atoms with Crippen LogP contribution >= 0.6 is 11.8 Å². The lowest BCUT2D eigenvalue weighted by molar-refractivity contribution is -0.118. The fraction of sp³-hybridized carbons (Fsp3) is 0.154. The van der Waals surface area contributed by atoms with Gasteiger partial charge in [0.05, 0.1) is 27.5 Å². The number of para-hydroxylation sites is 1. The molecule has 1 N–H and O–H groups in total. The molecule has 1 aromatic heterocycles. The highest BCUT2D eigenvalue weighted by Gasteiger charge is 2.24. The first-order valence-corrected chi connectivity index (χ1v) is 11.8. The van der Waals surface area contributed by atoms with E-state index in [1.807, 2.05) is 0 Å². The fourth-order valence-electron chi connectivity index (χ4n) is 3.82. The van der Waals surface area contributed by atoms with Crippen LogP contribution in [0, 0.1) is 12.7 Å². The number of anilines is 1. The number of amides is 1. The van der Waals surface area contributed by atoms with Crippen LogP contribution in [0.25, 0.3) is 16.6 Å². The molecule has 0 saturated carbocycles. The van der Waals surface area contributed by atoms with Crippen molar-refractivity contribution < 1.29 is 18.7 Å². The van der Waals surface area contributed by atoms with E-state index >= 15 is 0 Å². The summed E-state index contributed by atoms with van der Waals surface area (Å²) in [5, 5.41) is 2.72. The number of hydrogen-bond donors (Lipinski definition) is 1. The topological polar surface area (TPSA) is 90.3 Å². The molecule has 0 radical (unpaired) electrons. The number of ether oxygens (including phenoxy) is 1. The number of benzene rings is 3. The Labute approximate surface area is 203 Å². The van der Waals surface area contributed by atoms with Crippen LogP contribution in [0.3, 0.4) is 0 Å². The molecule has 1 aliphatic rings. The van der Waals surface area contributed by atoms with E-state index in [1.54, 1.807) is 68.4 Å². The number of nitrogens with zero attached hydrogens (tertiary/aromatic N) is 2. The second kappa shape index (κ2) is 8.99. The van der Waals surface area contributed by atoms with E-state index in [9.17, 15) is 18.8 Å². The minimum atomic E-state index is -0.636. The Morgan fingerprint density at radius 1 is 1.14 bits per heavy atom. The van der Waals surface area contributed by atoms with Gasteiger partial charge in [0.1, 0.15) is 11.6 Å². The average Bonchev–Trinajstić information content (AvgIpc) is 2.85. The van der Waals surface area contributed by atoms with Gasteiger partial charge in [-0.2, -0.15) is 0 Å². The number of carbonyl (C=O) groups excluding carboxylic acids is 2. The Morgan fingerprint density at radius 2 is 1.94 bits per heavy atom. The molecular weight excluding hydrogens is 469 g/mol. The number of thioether (sulfide) groups is 1. The van der Waals surface area contributed by atoms with E-state index in [1.165, 1.54) is 10.6 Å². The molecule has 5 rings (SSSR count). The predicted octanol–water partition coefficient (Wildman–Crippen LogP) is 4.53. The van der Waals surface area contributed by atoms with Crippen LogP contribution in [0.2, 0.25) is 0 Å². The van der Waals surface area contributed by atoms with Crippen molar-refractivity contribution in [1.82, 2.24) is 9.55 Å². The number of rotatable bonds is 5. The molecule has 176 valence electrons. The standard InChI is InChI=1S/C26H20FN3O4S/c1-14-7-9-17(12-19(14)27)30-25(33)18-5-3-4-6-20(18)29-26(30)35-15(2)24(32)16-8-10-22-21(11-16)28-23(31)13-34-22/h3-12,15H,13H2,1-2H3,(H,28,31). The first kappa shape index (κ1) is 22.8. The van der Waals surface area contributed by atoms with Crippen molar-refractivity contribution in [2.45, 2.75) is 24.3 Å². The molecule has 2 heterocycles. The molecule has 0 fully saturated rings. The van der Waals surface area contributed by atoms with Gasteiger partial charge >= 0.3 is 0 Å². The minimum Gasteiger partial charge on any atom is -0.482 e. The Bertz CT molecular complexity index is 1570. The van der Waals surface area contributed by atoms with Gasteiger partial charge in [0.2, 0.25) is 0 Å². The van der Waals surface area contributed by atoms with Crippen molar-refractivity contribution >= 4 is 40.0 Å². The third kappa shape index (κ3) is 4.30. The molecule has 7 nitrogen and oxygen atoms in total. The quantitative estimate of drug-likeness (QED) is 0.252. The Kier molecular flexibility index (Phi) is 5.86. The molecule has 1 amide bonds. The van der Waals surface area contributed by atoms with E-state index in [4.69, 9.17) is 4.74 Å². The van der Waals surface area contributed by atoms with Crippen LogP contribution in [0.1, 0.15) is 22.8 Å². The van der Waals surface area contributed by atoms with E-state index in [0.717, 1.165) is 11.8 Å². The van der Waals surface area contributed by atoms with Gasteiger partial charge in [0.15, 0.2) is 17.5 Å². The molecule has 9 heteroatoms. The maximum absolute atomic E-state index is 14.4. The number of hydrogen-bond acceptors (Lipinski definition) is 6. The fourth-order valence-corrected chi connectivity index (χ4v) is 4.83. The van der Waals surface area contributed by atoms with Crippen LogP contribution in [0.4, 0.5) is 10.1 Å². The summed E-state index contributed by atoms with van der Waals surface area (Å²) in [4.78, 5) is 42.9. The van der Waals surface area contributed by atoms with Crippen molar-refractivity contribution in [1.29, 1.82) is 0 Å². The van der Waals surface area contributed by atoms with Gasteiger partial charge in [-0.1, -0.05) is 30.0 Å². The molecule has 0 spiro atoms. The first-order valence-electron chi connectivity index (χ1n) is 10.9. The second-order valence-corrected chi connectivity index (χ2v) is 9.47. The Balaban J connectivity index is 1.55. The molecule has 0 bridgehead atoms. The van der Waals surface area contributed by atoms with Crippen molar-refractivity contribution in [3.8, 4) is 11.4 Å². The maximum Gasteiger partial charge on any atom is 0.266 e. The molecule has 0 saturated heterocycles. The van der Waals surface area contributed by atoms with E-state index in [2.05, 4.69) is 10.3 Å². The molecule has 1 aliphatic heterocycles. The van der Waals surface area contributed by atoms with Gasteiger partial charge in [-0.25, -0.2) is 9.37 Å². The number of halogens is 1. The zero-order valence-corrected chi connectivity index (χ0v) is 19.7. The van der Waals surface area contributed by atoms with Crippen molar-refractivity contribution in [3.05, 3.63) is 88.0 Å². The van der Waals surface area contributed by atoms with Crippen LogP contribution in [-0.4, -0.2) is 33.1 Å². The lowest BCUT2D eigenvalue weighted by atomic mass is 10.1. The summed E-state index contributed by atoms with van der Waals surface area (Å²) in [5.74, 6) is -0.463. The number of aromatic nitrogens is 2. The average molecular weight is 490 g/mol. The number of carbonyl (C=O) groups is 2. The monoisotopic (exact) mass is 489 g/mol. The van der Waals surface area contributed by atoms with Crippen LogP contribution in [0.5, 0.6) is 5.75 Å². The molecular formula is C26H20FN3O4S. The zero-order chi connectivity index (χ0) is 24.7. The summed E-state index contributed by atoms with van der Waals surface area (Å²) >= 11 is 1.11. The molecule has 0 aliphatic carbocycles. The van der Waals surface area contributed by atoms with Gasteiger partial charge in [-0.15, -0.1) is 0 Å². The molecule has 4 aromatic rings. The van der Waals surface area contributed by atoms with E-state index in [0.29, 0.717) is 39.2 Å². The maximum atomic E-state index is 14.4. The third-order valence-electron chi connectivity index (χ3n) is 5.71. The Morgan fingerprint density at radius 3 is 2.74 bits per heavy atom. The molecule has 1 atom stereocenters. The number of ketones is 1. The second-order valence-electron chi connectivity index (χ2n) is 8.16. The molecule has 1 unspecified atom stereocenters.